The van der Waals surface area contributed by atoms with Gasteiger partial charge in [-0.2, -0.15) is 0 Å². The molecule has 0 amide bonds. The van der Waals surface area contributed by atoms with Gasteiger partial charge in [0.1, 0.15) is 6.61 Å². The minimum atomic E-state index is -0.638. The Labute approximate surface area is 112 Å². The minimum Gasteiger partial charge on any atom is -0.486 e. The standard InChI is InChI=1S/C15H19F2NO/c16-12-2-1-3-13(17)15(12)19-9-8-18-14(10-4-5-10)11-6-7-11/h1-3,10-11,14,18H,4-9H2. The molecule has 1 aromatic rings. The van der Waals surface area contributed by atoms with E-state index in [1.165, 1.54) is 43.9 Å². The van der Waals surface area contributed by atoms with Crippen molar-refractivity contribution in [2.45, 2.75) is 31.7 Å². The van der Waals surface area contributed by atoms with Crippen LogP contribution in [0.25, 0.3) is 0 Å². The molecule has 3 rings (SSSR count). The van der Waals surface area contributed by atoms with Crippen LogP contribution < -0.4 is 10.1 Å². The second-order valence-electron chi connectivity index (χ2n) is 5.55. The van der Waals surface area contributed by atoms with E-state index in [1.54, 1.807) is 0 Å². The number of hydrogen-bond acceptors (Lipinski definition) is 2. The van der Waals surface area contributed by atoms with E-state index in [2.05, 4.69) is 5.32 Å². The van der Waals surface area contributed by atoms with Crippen molar-refractivity contribution >= 4 is 0 Å². The molecule has 0 bridgehead atoms. The number of rotatable bonds is 7. The molecule has 0 radical (unpaired) electrons. The van der Waals surface area contributed by atoms with Gasteiger partial charge in [-0.15, -0.1) is 0 Å². The van der Waals surface area contributed by atoms with E-state index in [0.29, 0.717) is 19.2 Å². The summed E-state index contributed by atoms with van der Waals surface area (Å²) in [6.45, 7) is 0.944. The molecule has 0 saturated heterocycles. The third-order valence-corrected chi connectivity index (χ3v) is 3.91. The molecule has 2 aliphatic rings. The summed E-state index contributed by atoms with van der Waals surface area (Å²) in [7, 11) is 0. The highest BCUT2D eigenvalue weighted by Gasteiger charge is 2.40. The van der Waals surface area contributed by atoms with E-state index in [9.17, 15) is 8.78 Å². The maximum absolute atomic E-state index is 13.3. The van der Waals surface area contributed by atoms with Crippen molar-refractivity contribution < 1.29 is 13.5 Å². The third kappa shape index (κ3) is 3.24. The normalized spacial score (nSPS) is 18.9. The van der Waals surface area contributed by atoms with Crippen LogP contribution in [0.4, 0.5) is 8.78 Å². The van der Waals surface area contributed by atoms with Crippen molar-refractivity contribution in [2.24, 2.45) is 11.8 Å². The average molecular weight is 267 g/mol. The summed E-state index contributed by atoms with van der Waals surface area (Å²) in [5, 5.41) is 3.48. The first-order valence-corrected chi connectivity index (χ1v) is 7.06. The molecule has 104 valence electrons. The molecule has 2 aliphatic carbocycles. The molecule has 0 heterocycles. The topological polar surface area (TPSA) is 21.3 Å². The van der Waals surface area contributed by atoms with Crippen molar-refractivity contribution in [1.29, 1.82) is 0 Å². The van der Waals surface area contributed by atoms with Crippen molar-refractivity contribution in [2.75, 3.05) is 13.2 Å². The summed E-state index contributed by atoms with van der Waals surface area (Å²) in [4.78, 5) is 0. The molecular formula is C15H19F2NO. The van der Waals surface area contributed by atoms with E-state index in [-0.39, 0.29) is 5.75 Å². The highest BCUT2D eigenvalue weighted by atomic mass is 19.1. The maximum atomic E-state index is 13.3. The number of halogens is 2. The lowest BCUT2D eigenvalue weighted by Gasteiger charge is -2.17. The molecule has 2 nitrogen and oxygen atoms in total. The van der Waals surface area contributed by atoms with E-state index >= 15 is 0 Å². The third-order valence-electron chi connectivity index (χ3n) is 3.91. The van der Waals surface area contributed by atoms with Crippen LogP contribution in [-0.4, -0.2) is 19.2 Å². The van der Waals surface area contributed by atoms with Crippen LogP contribution in [-0.2, 0) is 0 Å². The number of nitrogens with one attached hydrogen (secondary N) is 1. The molecule has 0 aliphatic heterocycles. The minimum absolute atomic E-state index is 0.265. The second-order valence-corrected chi connectivity index (χ2v) is 5.55. The zero-order valence-electron chi connectivity index (χ0n) is 10.9. The predicted molar refractivity (Wildman–Crippen MR) is 69.1 cm³/mol. The van der Waals surface area contributed by atoms with Gasteiger partial charge in [-0.3, -0.25) is 0 Å². The Balaban J connectivity index is 1.45. The highest BCUT2D eigenvalue weighted by molar-refractivity contribution is 5.25. The van der Waals surface area contributed by atoms with Crippen LogP contribution >= 0.6 is 0 Å². The van der Waals surface area contributed by atoms with Crippen molar-refractivity contribution in [1.82, 2.24) is 5.32 Å². The number of hydrogen-bond donors (Lipinski definition) is 1. The quantitative estimate of drug-likeness (QED) is 0.766. The Bertz CT molecular complexity index is 412. The predicted octanol–water partition coefficient (Wildman–Crippen LogP) is 3.12. The lowest BCUT2D eigenvalue weighted by Crippen LogP contribution is -2.36. The fourth-order valence-corrected chi connectivity index (χ4v) is 2.63. The first kappa shape index (κ1) is 12.9. The monoisotopic (exact) mass is 267 g/mol. The summed E-state index contributed by atoms with van der Waals surface area (Å²) >= 11 is 0. The summed E-state index contributed by atoms with van der Waals surface area (Å²) < 4.78 is 31.9. The summed E-state index contributed by atoms with van der Waals surface area (Å²) in [5.41, 5.74) is 0. The Morgan fingerprint density at radius 3 is 2.21 bits per heavy atom. The van der Waals surface area contributed by atoms with E-state index in [0.717, 1.165) is 11.8 Å². The van der Waals surface area contributed by atoms with Crippen LogP contribution in [0.1, 0.15) is 25.7 Å². The van der Waals surface area contributed by atoms with Gasteiger partial charge in [-0.25, -0.2) is 8.78 Å². The Morgan fingerprint density at radius 1 is 1.11 bits per heavy atom. The van der Waals surface area contributed by atoms with Gasteiger partial charge in [0.15, 0.2) is 17.4 Å². The maximum Gasteiger partial charge on any atom is 0.190 e. The fraction of sp³-hybridized carbons (Fsp3) is 0.600. The van der Waals surface area contributed by atoms with Gasteiger partial charge in [-0.05, 0) is 49.7 Å². The molecule has 1 N–H and O–H groups in total. The van der Waals surface area contributed by atoms with E-state index in [4.69, 9.17) is 4.74 Å². The van der Waals surface area contributed by atoms with Crippen molar-refractivity contribution in [3.63, 3.8) is 0 Å². The van der Waals surface area contributed by atoms with Gasteiger partial charge in [0.2, 0.25) is 0 Å². The Kier molecular flexibility index (Phi) is 3.69. The van der Waals surface area contributed by atoms with Crippen LogP contribution in [0.15, 0.2) is 18.2 Å². The first-order chi connectivity index (χ1) is 9.25. The largest absolute Gasteiger partial charge is 0.486 e. The van der Waals surface area contributed by atoms with Gasteiger partial charge in [0.25, 0.3) is 0 Å². The zero-order chi connectivity index (χ0) is 13.2. The van der Waals surface area contributed by atoms with Gasteiger partial charge in [-0.1, -0.05) is 6.07 Å². The van der Waals surface area contributed by atoms with Crippen molar-refractivity contribution in [3.8, 4) is 5.75 Å². The molecule has 0 unspecified atom stereocenters. The summed E-state index contributed by atoms with van der Waals surface area (Å²) in [6, 6.07) is 4.35. The summed E-state index contributed by atoms with van der Waals surface area (Å²) in [5.74, 6) is 0.0935. The lowest BCUT2D eigenvalue weighted by atomic mass is 10.1. The molecule has 1 aromatic carbocycles. The highest BCUT2D eigenvalue weighted by Crippen LogP contribution is 2.44. The molecule has 2 fully saturated rings. The van der Waals surface area contributed by atoms with Crippen LogP contribution in [0.3, 0.4) is 0 Å². The molecule has 4 heteroatoms. The van der Waals surface area contributed by atoms with Crippen LogP contribution in [0.2, 0.25) is 0 Å². The smallest absolute Gasteiger partial charge is 0.190 e. The first-order valence-electron chi connectivity index (χ1n) is 7.06. The lowest BCUT2D eigenvalue weighted by molar-refractivity contribution is 0.269. The number of ether oxygens (including phenoxy) is 1. The molecule has 19 heavy (non-hydrogen) atoms. The number of benzene rings is 1. The van der Waals surface area contributed by atoms with Gasteiger partial charge >= 0.3 is 0 Å². The molecular weight excluding hydrogens is 248 g/mol. The van der Waals surface area contributed by atoms with E-state index < -0.39 is 11.6 Å². The Morgan fingerprint density at radius 2 is 1.68 bits per heavy atom. The van der Waals surface area contributed by atoms with Crippen molar-refractivity contribution in [3.05, 3.63) is 29.8 Å². The second kappa shape index (κ2) is 5.45. The molecule has 0 aromatic heterocycles. The average Bonchev–Trinajstić information content (AvgIpc) is 3.26. The van der Waals surface area contributed by atoms with Gasteiger partial charge in [0.05, 0.1) is 0 Å². The van der Waals surface area contributed by atoms with Crippen LogP contribution in [0.5, 0.6) is 5.75 Å². The summed E-state index contributed by atoms with van der Waals surface area (Å²) in [6.07, 6.45) is 5.27. The molecule has 0 spiro atoms. The van der Waals surface area contributed by atoms with Gasteiger partial charge < -0.3 is 10.1 Å². The molecule has 0 atom stereocenters. The number of para-hydroxylation sites is 1. The SMILES string of the molecule is Fc1cccc(F)c1OCCNC(C1CC1)C1CC1. The zero-order valence-corrected chi connectivity index (χ0v) is 10.9. The fourth-order valence-electron chi connectivity index (χ4n) is 2.63. The van der Waals surface area contributed by atoms with Gasteiger partial charge in [0, 0.05) is 12.6 Å². The van der Waals surface area contributed by atoms with Crippen LogP contribution in [0, 0.1) is 23.5 Å². The molecule has 2 saturated carbocycles. The van der Waals surface area contributed by atoms with E-state index in [1.807, 2.05) is 0 Å². The Hall–Kier alpha value is -1.16.